The Morgan fingerprint density at radius 2 is 1.44 bits per heavy atom. The minimum absolute atomic E-state index is 0.00246. The lowest BCUT2D eigenvalue weighted by Gasteiger charge is -2.46. The van der Waals surface area contributed by atoms with Gasteiger partial charge in [0.05, 0.1) is 12.5 Å². The summed E-state index contributed by atoms with van der Waals surface area (Å²) < 4.78 is 26.6. The maximum atomic E-state index is 12.0. The van der Waals surface area contributed by atoms with Crippen LogP contribution in [0, 0.1) is 20.2 Å². The first-order chi connectivity index (χ1) is 16.8. The highest BCUT2D eigenvalue weighted by Crippen LogP contribution is 2.31. The van der Waals surface area contributed by atoms with Gasteiger partial charge < -0.3 is 23.7 Å². The molecule has 0 amide bonds. The molecule has 202 valence electrons. The summed E-state index contributed by atoms with van der Waals surface area (Å²) in [6, 6.07) is -4.76. The zero-order valence-corrected chi connectivity index (χ0v) is 20.1. The summed E-state index contributed by atoms with van der Waals surface area (Å²) in [4.78, 5) is 68.7. The van der Waals surface area contributed by atoms with E-state index in [4.69, 9.17) is 23.7 Å². The van der Waals surface area contributed by atoms with E-state index in [-0.39, 0.29) is 19.3 Å². The molecule has 1 aliphatic carbocycles. The van der Waals surface area contributed by atoms with Gasteiger partial charge in [0.25, 0.3) is 0 Å². The van der Waals surface area contributed by atoms with Crippen molar-refractivity contribution in [3.63, 3.8) is 0 Å². The molecular weight excluding hydrogens is 490 g/mol. The van der Waals surface area contributed by atoms with Gasteiger partial charge in [-0.1, -0.05) is 0 Å². The van der Waals surface area contributed by atoms with E-state index in [1.165, 1.54) is 0 Å². The molecule has 2 fully saturated rings. The highest BCUT2D eigenvalue weighted by atomic mass is 16.7. The molecule has 16 heteroatoms. The molecule has 0 aromatic heterocycles. The second-order valence-electron chi connectivity index (χ2n) is 8.51. The summed E-state index contributed by atoms with van der Waals surface area (Å²) in [7, 11) is 0. The van der Waals surface area contributed by atoms with Crippen LogP contribution in [0.25, 0.3) is 0 Å². The van der Waals surface area contributed by atoms with Gasteiger partial charge in [-0.05, 0) is 6.42 Å². The van der Waals surface area contributed by atoms with Crippen molar-refractivity contribution in [2.24, 2.45) is 0 Å². The minimum Gasteiger partial charge on any atom is -0.463 e. The normalized spacial score (nSPS) is 32.0. The van der Waals surface area contributed by atoms with Gasteiger partial charge in [-0.3, -0.25) is 44.7 Å². The number of hydrogen-bond acceptors (Lipinski definition) is 14. The van der Waals surface area contributed by atoms with Gasteiger partial charge in [0.2, 0.25) is 18.4 Å². The van der Waals surface area contributed by atoms with Gasteiger partial charge in [0.1, 0.15) is 18.8 Å². The summed E-state index contributed by atoms with van der Waals surface area (Å²) in [5.41, 5.74) is 0. The number of carbonyl (C=O) groups is 4. The second kappa shape index (κ2) is 12.5. The van der Waals surface area contributed by atoms with Crippen LogP contribution in [-0.2, 0) is 42.9 Å². The first-order valence-electron chi connectivity index (χ1n) is 11.1. The molecule has 8 atom stereocenters. The summed E-state index contributed by atoms with van der Waals surface area (Å²) in [5.74, 6) is -3.12. The van der Waals surface area contributed by atoms with Crippen LogP contribution in [0.15, 0.2) is 0 Å². The van der Waals surface area contributed by atoms with Gasteiger partial charge in [0.15, 0.2) is 12.2 Å². The monoisotopic (exact) mass is 519 g/mol. The van der Waals surface area contributed by atoms with Gasteiger partial charge in [0, 0.05) is 44.0 Å². The first kappa shape index (κ1) is 28.8. The molecule has 0 bridgehead atoms. The molecule has 0 radical (unpaired) electrons. The number of nitro groups is 2. The average Bonchev–Trinajstić information content (AvgIpc) is 2.75. The van der Waals surface area contributed by atoms with E-state index in [2.05, 4.69) is 5.32 Å². The zero-order valence-electron chi connectivity index (χ0n) is 20.1. The van der Waals surface area contributed by atoms with Crippen molar-refractivity contribution >= 4 is 23.9 Å². The lowest BCUT2D eigenvalue weighted by atomic mass is 9.85. The topological polar surface area (TPSA) is 213 Å². The third kappa shape index (κ3) is 7.81. The summed E-state index contributed by atoms with van der Waals surface area (Å²) >= 11 is 0. The minimum atomic E-state index is -1.51. The van der Waals surface area contributed by atoms with Gasteiger partial charge >= 0.3 is 23.9 Å². The Kier molecular flexibility index (Phi) is 10.0. The largest absolute Gasteiger partial charge is 0.463 e. The summed E-state index contributed by atoms with van der Waals surface area (Å²) in [5, 5.41) is 25.8. The number of rotatable bonds is 9. The van der Waals surface area contributed by atoms with Gasteiger partial charge in [-0.15, -0.1) is 0 Å². The fourth-order valence-electron chi connectivity index (χ4n) is 4.33. The maximum Gasteiger partial charge on any atom is 0.304 e. The molecule has 1 aliphatic heterocycles. The van der Waals surface area contributed by atoms with Gasteiger partial charge in [-0.2, -0.15) is 0 Å². The van der Waals surface area contributed by atoms with E-state index in [1.807, 2.05) is 0 Å². The van der Waals surface area contributed by atoms with Gasteiger partial charge in [-0.25, -0.2) is 0 Å². The molecule has 0 spiro atoms. The Balaban J connectivity index is 2.45. The van der Waals surface area contributed by atoms with Crippen molar-refractivity contribution in [3.05, 3.63) is 20.2 Å². The molecular formula is C20H29N3O13. The van der Waals surface area contributed by atoms with Crippen LogP contribution in [0.3, 0.4) is 0 Å². The molecule has 16 nitrogen and oxygen atoms in total. The predicted molar refractivity (Wildman–Crippen MR) is 114 cm³/mol. The lowest BCUT2D eigenvalue weighted by molar-refractivity contribution is -0.570. The van der Waals surface area contributed by atoms with Crippen molar-refractivity contribution in [3.8, 4) is 0 Å². The Bertz CT molecular complexity index is 881. The molecule has 1 N–H and O–H groups in total. The van der Waals surface area contributed by atoms with Crippen LogP contribution >= 0.6 is 0 Å². The summed E-state index contributed by atoms with van der Waals surface area (Å²) in [6.45, 7) is 3.89. The number of carbonyl (C=O) groups excluding carboxylic acids is 4. The van der Waals surface area contributed by atoms with Crippen LogP contribution < -0.4 is 5.32 Å². The lowest BCUT2D eigenvalue weighted by Crippen LogP contribution is -2.69. The van der Waals surface area contributed by atoms with Crippen molar-refractivity contribution in [1.82, 2.24) is 5.32 Å². The number of ether oxygens (including phenoxy) is 5. The van der Waals surface area contributed by atoms with E-state index in [1.54, 1.807) is 0 Å². The smallest absolute Gasteiger partial charge is 0.304 e. The van der Waals surface area contributed by atoms with Crippen LogP contribution in [0.1, 0.15) is 47.0 Å². The van der Waals surface area contributed by atoms with E-state index in [0.717, 1.165) is 27.7 Å². The zero-order chi connectivity index (χ0) is 27.2. The Morgan fingerprint density at radius 3 is 1.94 bits per heavy atom. The second-order valence-corrected chi connectivity index (χ2v) is 8.51. The SMILES string of the molecule is CC(=O)OC[C@H]1O[C@@H](OC(C)=O)[C@H](N[C@@H]2CC[C@H]([N+](=O)[O-])C[C@@H]2[N+](=O)[O-])[C@@H](OC(C)=O)[C@@H]1OC(C)=O. The van der Waals surface area contributed by atoms with E-state index in [0.29, 0.717) is 0 Å². The summed E-state index contributed by atoms with van der Waals surface area (Å²) in [6.07, 6.45) is -5.83. The molecule has 0 unspecified atom stereocenters. The standard InChI is InChI=1S/C20H29N3O13/c1-9(24)32-8-16-18(33-10(2)25)19(34-11(3)26)17(20(36-16)35-12(4)27)21-14-6-5-13(22(28)29)7-15(14)23(30)31/h13-21H,5-8H2,1-4H3/t13-,14+,15-,16+,17+,18+,19+,20+/m0/s1. The molecule has 2 aliphatic rings. The molecule has 36 heavy (non-hydrogen) atoms. The molecule has 2 rings (SSSR count). The maximum absolute atomic E-state index is 12.0. The first-order valence-corrected chi connectivity index (χ1v) is 11.1. The highest BCUT2D eigenvalue weighted by molar-refractivity contribution is 5.68. The predicted octanol–water partition coefficient (Wildman–Crippen LogP) is -0.498. The van der Waals surface area contributed by atoms with Crippen LogP contribution in [0.5, 0.6) is 0 Å². The molecule has 0 aromatic rings. The van der Waals surface area contributed by atoms with Crippen molar-refractivity contribution < 1.29 is 52.7 Å². The third-order valence-electron chi connectivity index (χ3n) is 5.75. The number of esters is 4. The molecule has 1 saturated heterocycles. The fourth-order valence-corrected chi connectivity index (χ4v) is 4.33. The highest BCUT2D eigenvalue weighted by Gasteiger charge is 2.54. The molecule has 1 saturated carbocycles. The molecule has 1 heterocycles. The van der Waals surface area contributed by atoms with E-state index < -0.39 is 89.1 Å². The Labute approximate surface area is 205 Å². The van der Waals surface area contributed by atoms with Crippen LogP contribution in [0.4, 0.5) is 0 Å². The van der Waals surface area contributed by atoms with E-state index >= 15 is 0 Å². The average molecular weight is 519 g/mol. The van der Waals surface area contributed by atoms with E-state index in [9.17, 15) is 39.4 Å². The quantitative estimate of drug-likeness (QED) is 0.176. The van der Waals surface area contributed by atoms with Crippen molar-refractivity contribution in [2.45, 2.75) is 95.7 Å². The fraction of sp³-hybridized carbons (Fsp3) is 0.800. The number of nitrogens with zero attached hydrogens (tertiary/aromatic N) is 2. The number of nitrogens with one attached hydrogen (secondary N) is 1. The number of hydrogen-bond donors (Lipinski definition) is 1. The van der Waals surface area contributed by atoms with Crippen LogP contribution in [0.2, 0.25) is 0 Å². The molecule has 0 aromatic carbocycles. The Morgan fingerprint density at radius 1 is 0.861 bits per heavy atom. The van der Waals surface area contributed by atoms with Crippen molar-refractivity contribution in [1.29, 1.82) is 0 Å². The van der Waals surface area contributed by atoms with Crippen molar-refractivity contribution in [2.75, 3.05) is 6.61 Å². The van der Waals surface area contributed by atoms with Crippen LogP contribution in [-0.4, -0.2) is 89.1 Å². The third-order valence-corrected chi connectivity index (χ3v) is 5.75. The Hall–Kier alpha value is -3.40.